The SMILES string of the molecule is CN=C(NCC(c1ccccc1)N1CCCC1)N1CCC(COCc2ccccc2)C1. The highest BCUT2D eigenvalue weighted by Crippen LogP contribution is 2.25. The molecule has 2 aliphatic heterocycles. The van der Waals surface area contributed by atoms with Crippen molar-refractivity contribution in [2.45, 2.75) is 31.9 Å². The molecule has 2 fully saturated rings. The van der Waals surface area contributed by atoms with Crippen LogP contribution in [-0.4, -0.2) is 62.1 Å². The topological polar surface area (TPSA) is 40.1 Å². The molecule has 0 amide bonds. The standard InChI is InChI=1S/C26H36N4O/c1-27-26(28-18-25(29-15-8-9-16-29)24-12-6-3-7-13-24)30-17-14-23(19-30)21-31-20-22-10-4-2-5-11-22/h2-7,10-13,23,25H,8-9,14-21H2,1H3,(H,27,28). The van der Waals surface area contributed by atoms with Crippen LogP contribution in [0.2, 0.25) is 0 Å². The number of ether oxygens (including phenoxy) is 1. The maximum absolute atomic E-state index is 6.00. The van der Waals surface area contributed by atoms with Crippen molar-refractivity contribution in [1.29, 1.82) is 0 Å². The number of guanidine groups is 1. The highest BCUT2D eigenvalue weighted by atomic mass is 16.5. The Morgan fingerprint density at radius 2 is 1.74 bits per heavy atom. The summed E-state index contributed by atoms with van der Waals surface area (Å²) >= 11 is 0. The smallest absolute Gasteiger partial charge is 0.193 e. The fourth-order valence-corrected chi connectivity index (χ4v) is 4.79. The maximum Gasteiger partial charge on any atom is 0.193 e. The summed E-state index contributed by atoms with van der Waals surface area (Å²) in [6.07, 6.45) is 3.76. The molecule has 31 heavy (non-hydrogen) atoms. The van der Waals surface area contributed by atoms with Crippen LogP contribution in [0, 0.1) is 5.92 Å². The molecule has 0 aliphatic carbocycles. The molecule has 5 nitrogen and oxygen atoms in total. The Hall–Kier alpha value is -2.37. The molecule has 2 aromatic carbocycles. The molecule has 0 radical (unpaired) electrons. The summed E-state index contributed by atoms with van der Waals surface area (Å²) in [5.41, 5.74) is 2.63. The first-order valence-electron chi connectivity index (χ1n) is 11.7. The predicted molar refractivity (Wildman–Crippen MR) is 127 cm³/mol. The molecule has 0 aromatic heterocycles. The summed E-state index contributed by atoms with van der Waals surface area (Å²) in [6, 6.07) is 21.7. The van der Waals surface area contributed by atoms with E-state index in [1.54, 1.807) is 0 Å². The number of nitrogens with zero attached hydrogens (tertiary/aromatic N) is 3. The lowest BCUT2D eigenvalue weighted by molar-refractivity contribution is 0.0906. The minimum atomic E-state index is 0.396. The zero-order valence-corrected chi connectivity index (χ0v) is 18.7. The van der Waals surface area contributed by atoms with E-state index in [4.69, 9.17) is 4.74 Å². The molecular formula is C26H36N4O. The normalized spacial score (nSPS) is 20.9. The number of hydrogen-bond acceptors (Lipinski definition) is 3. The molecule has 2 saturated heterocycles. The van der Waals surface area contributed by atoms with Crippen molar-refractivity contribution in [1.82, 2.24) is 15.1 Å². The van der Waals surface area contributed by atoms with Gasteiger partial charge in [0.25, 0.3) is 0 Å². The zero-order chi connectivity index (χ0) is 21.3. The summed E-state index contributed by atoms with van der Waals surface area (Å²) < 4.78 is 6.00. The monoisotopic (exact) mass is 420 g/mol. The molecule has 2 aromatic rings. The van der Waals surface area contributed by atoms with E-state index in [0.29, 0.717) is 18.6 Å². The van der Waals surface area contributed by atoms with Gasteiger partial charge in [-0.2, -0.15) is 0 Å². The first-order chi connectivity index (χ1) is 15.3. The molecule has 2 atom stereocenters. The Kier molecular flexibility index (Phi) is 7.97. The largest absolute Gasteiger partial charge is 0.376 e. The lowest BCUT2D eigenvalue weighted by atomic mass is 10.1. The average Bonchev–Trinajstić information content (AvgIpc) is 3.51. The second-order valence-corrected chi connectivity index (χ2v) is 8.70. The third-order valence-electron chi connectivity index (χ3n) is 6.48. The molecule has 4 rings (SSSR count). The van der Waals surface area contributed by atoms with Crippen molar-refractivity contribution in [2.24, 2.45) is 10.9 Å². The van der Waals surface area contributed by atoms with Crippen molar-refractivity contribution in [3.8, 4) is 0 Å². The van der Waals surface area contributed by atoms with Crippen molar-refractivity contribution >= 4 is 5.96 Å². The summed E-state index contributed by atoms with van der Waals surface area (Å²) in [5, 5.41) is 3.68. The fraction of sp³-hybridized carbons (Fsp3) is 0.500. The minimum Gasteiger partial charge on any atom is -0.376 e. The number of likely N-dealkylation sites (tertiary alicyclic amines) is 2. The summed E-state index contributed by atoms with van der Waals surface area (Å²) in [5.74, 6) is 1.58. The lowest BCUT2D eigenvalue weighted by Crippen LogP contribution is -2.44. The van der Waals surface area contributed by atoms with Crippen LogP contribution in [0.15, 0.2) is 65.7 Å². The Morgan fingerprint density at radius 3 is 2.45 bits per heavy atom. The van der Waals surface area contributed by atoms with Crippen molar-refractivity contribution < 1.29 is 4.74 Å². The third kappa shape index (κ3) is 6.08. The zero-order valence-electron chi connectivity index (χ0n) is 18.7. The first-order valence-corrected chi connectivity index (χ1v) is 11.7. The van der Waals surface area contributed by atoms with Crippen molar-refractivity contribution in [2.75, 3.05) is 46.4 Å². The van der Waals surface area contributed by atoms with E-state index >= 15 is 0 Å². The summed E-state index contributed by atoms with van der Waals surface area (Å²) in [4.78, 5) is 9.60. The van der Waals surface area contributed by atoms with Gasteiger partial charge in [-0.05, 0) is 43.5 Å². The molecule has 0 spiro atoms. The van der Waals surface area contributed by atoms with Crippen LogP contribution < -0.4 is 5.32 Å². The number of aliphatic imine (C=N–C) groups is 1. The van der Waals surface area contributed by atoms with Gasteiger partial charge in [0.2, 0.25) is 0 Å². The van der Waals surface area contributed by atoms with Gasteiger partial charge in [-0.1, -0.05) is 60.7 Å². The Bertz CT molecular complexity index is 805. The number of hydrogen-bond donors (Lipinski definition) is 1. The van der Waals surface area contributed by atoms with Crippen LogP contribution in [0.25, 0.3) is 0 Å². The highest BCUT2D eigenvalue weighted by Gasteiger charge is 2.27. The van der Waals surface area contributed by atoms with Gasteiger partial charge in [-0.3, -0.25) is 9.89 Å². The molecule has 166 valence electrons. The van der Waals surface area contributed by atoms with Crippen LogP contribution in [-0.2, 0) is 11.3 Å². The van der Waals surface area contributed by atoms with E-state index in [1.807, 2.05) is 13.1 Å². The van der Waals surface area contributed by atoms with Gasteiger partial charge in [0.1, 0.15) is 0 Å². The van der Waals surface area contributed by atoms with E-state index in [2.05, 4.69) is 74.7 Å². The average molecular weight is 421 g/mol. The summed E-state index contributed by atoms with van der Waals surface area (Å²) in [7, 11) is 1.90. The first kappa shape index (κ1) is 21.8. The van der Waals surface area contributed by atoms with Gasteiger partial charge in [0, 0.05) is 32.6 Å². The van der Waals surface area contributed by atoms with E-state index < -0.39 is 0 Å². The Balaban J connectivity index is 1.27. The number of rotatable bonds is 8. The van der Waals surface area contributed by atoms with E-state index in [9.17, 15) is 0 Å². The number of benzene rings is 2. The van der Waals surface area contributed by atoms with Crippen LogP contribution >= 0.6 is 0 Å². The molecule has 2 heterocycles. The van der Waals surface area contributed by atoms with Crippen LogP contribution in [0.3, 0.4) is 0 Å². The van der Waals surface area contributed by atoms with Gasteiger partial charge in [0.05, 0.1) is 19.3 Å². The van der Waals surface area contributed by atoms with Crippen LogP contribution in [0.1, 0.15) is 36.4 Å². The molecular weight excluding hydrogens is 384 g/mol. The van der Waals surface area contributed by atoms with Gasteiger partial charge in [0.15, 0.2) is 5.96 Å². The lowest BCUT2D eigenvalue weighted by Gasteiger charge is -2.30. The van der Waals surface area contributed by atoms with Crippen molar-refractivity contribution in [3.05, 3.63) is 71.8 Å². The van der Waals surface area contributed by atoms with Crippen LogP contribution in [0.4, 0.5) is 0 Å². The quantitative estimate of drug-likeness (QED) is 0.519. The molecule has 0 saturated carbocycles. The van der Waals surface area contributed by atoms with E-state index in [-0.39, 0.29) is 0 Å². The van der Waals surface area contributed by atoms with E-state index in [0.717, 1.165) is 38.6 Å². The molecule has 0 bridgehead atoms. The van der Waals surface area contributed by atoms with Gasteiger partial charge >= 0.3 is 0 Å². The third-order valence-corrected chi connectivity index (χ3v) is 6.48. The second kappa shape index (κ2) is 11.3. The maximum atomic E-state index is 6.00. The van der Waals surface area contributed by atoms with E-state index in [1.165, 1.54) is 37.1 Å². The molecule has 1 N–H and O–H groups in total. The van der Waals surface area contributed by atoms with Gasteiger partial charge in [-0.15, -0.1) is 0 Å². The molecule has 2 unspecified atom stereocenters. The predicted octanol–water partition coefficient (Wildman–Crippen LogP) is 3.94. The molecule has 2 aliphatic rings. The minimum absolute atomic E-state index is 0.396. The number of nitrogens with one attached hydrogen (secondary N) is 1. The van der Waals surface area contributed by atoms with Crippen LogP contribution in [0.5, 0.6) is 0 Å². The van der Waals surface area contributed by atoms with Gasteiger partial charge < -0.3 is 15.0 Å². The van der Waals surface area contributed by atoms with Gasteiger partial charge in [-0.25, -0.2) is 0 Å². The van der Waals surface area contributed by atoms with Crippen molar-refractivity contribution in [3.63, 3.8) is 0 Å². The fourth-order valence-electron chi connectivity index (χ4n) is 4.79. The summed E-state index contributed by atoms with van der Waals surface area (Å²) in [6.45, 7) is 6.81. The Labute approximate surface area is 187 Å². The second-order valence-electron chi connectivity index (χ2n) is 8.70. The highest BCUT2D eigenvalue weighted by molar-refractivity contribution is 5.80. The Morgan fingerprint density at radius 1 is 1.03 bits per heavy atom. The molecule has 5 heteroatoms.